The molecule has 0 saturated heterocycles. The van der Waals surface area contributed by atoms with Crippen LogP contribution in [0.1, 0.15) is 10.5 Å². The average Bonchev–Trinajstić information content (AvgIpc) is 2.80. The molecule has 0 radical (unpaired) electrons. The van der Waals surface area contributed by atoms with Crippen molar-refractivity contribution in [3.8, 4) is 0 Å². The second-order valence-corrected chi connectivity index (χ2v) is 3.79. The molecule has 1 aromatic heterocycles. The van der Waals surface area contributed by atoms with E-state index in [9.17, 15) is 14.0 Å². The molecule has 0 aliphatic carbocycles. The lowest BCUT2D eigenvalue weighted by Gasteiger charge is -2.05. The predicted octanol–water partition coefficient (Wildman–Crippen LogP) is 1.36. The number of carboxylic acids is 1. The highest BCUT2D eigenvalue weighted by atomic mass is 19.1. The Morgan fingerprint density at radius 3 is 2.58 bits per heavy atom. The molecule has 7 heteroatoms. The lowest BCUT2D eigenvalue weighted by molar-refractivity contribution is -0.116. The van der Waals surface area contributed by atoms with E-state index in [1.807, 2.05) is 0 Å². The fourth-order valence-electron chi connectivity index (χ4n) is 1.46. The van der Waals surface area contributed by atoms with Gasteiger partial charge in [-0.15, -0.1) is 0 Å². The molecule has 1 aromatic carbocycles. The third-order valence-corrected chi connectivity index (χ3v) is 2.31. The van der Waals surface area contributed by atoms with Gasteiger partial charge in [0.15, 0.2) is 5.69 Å². The highest BCUT2D eigenvalue weighted by Gasteiger charge is 2.09. The Balaban J connectivity index is 1.97. The molecule has 0 bridgehead atoms. The van der Waals surface area contributed by atoms with Gasteiger partial charge in [0.1, 0.15) is 12.4 Å². The van der Waals surface area contributed by atoms with Gasteiger partial charge in [-0.25, -0.2) is 14.2 Å². The molecule has 2 aromatic rings. The fraction of sp³-hybridized carbons (Fsp3) is 0.0833. The number of carbonyl (C=O) groups is 2. The van der Waals surface area contributed by atoms with E-state index in [2.05, 4.69) is 10.3 Å². The SMILES string of the molecule is O=C(Cn1cnc(C(=O)O)c1)Nc1ccc(F)cc1. The van der Waals surface area contributed by atoms with Gasteiger partial charge in [0.05, 0.1) is 6.33 Å². The van der Waals surface area contributed by atoms with Crippen LogP contribution in [0, 0.1) is 5.82 Å². The van der Waals surface area contributed by atoms with Crippen molar-refractivity contribution >= 4 is 17.6 Å². The van der Waals surface area contributed by atoms with Crippen LogP contribution in [0.5, 0.6) is 0 Å². The Hall–Kier alpha value is -2.70. The van der Waals surface area contributed by atoms with E-state index in [1.165, 1.54) is 41.4 Å². The summed E-state index contributed by atoms with van der Waals surface area (Å²) >= 11 is 0. The maximum atomic E-state index is 12.7. The maximum absolute atomic E-state index is 12.7. The van der Waals surface area contributed by atoms with Crippen molar-refractivity contribution in [1.29, 1.82) is 0 Å². The number of benzene rings is 1. The molecule has 1 heterocycles. The van der Waals surface area contributed by atoms with Crippen molar-refractivity contribution in [2.45, 2.75) is 6.54 Å². The molecular weight excluding hydrogens is 253 g/mol. The zero-order valence-electron chi connectivity index (χ0n) is 9.71. The maximum Gasteiger partial charge on any atom is 0.356 e. The number of rotatable bonds is 4. The summed E-state index contributed by atoms with van der Waals surface area (Å²) in [4.78, 5) is 25.9. The molecule has 0 saturated carbocycles. The van der Waals surface area contributed by atoms with Crippen molar-refractivity contribution < 1.29 is 19.1 Å². The quantitative estimate of drug-likeness (QED) is 0.872. The van der Waals surface area contributed by atoms with Crippen LogP contribution in [0.25, 0.3) is 0 Å². The molecule has 2 N–H and O–H groups in total. The molecule has 98 valence electrons. The summed E-state index contributed by atoms with van der Waals surface area (Å²) in [5.74, 6) is -1.91. The van der Waals surface area contributed by atoms with Crippen LogP contribution >= 0.6 is 0 Å². The Labute approximate surface area is 107 Å². The van der Waals surface area contributed by atoms with Crippen molar-refractivity contribution in [2.24, 2.45) is 0 Å². The highest BCUT2D eigenvalue weighted by Crippen LogP contribution is 2.08. The molecular formula is C12H10FN3O3. The summed E-state index contributed by atoms with van der Waals surface area (Å²) in [5, 5.41) is 11.2. The number of carboxylic acid groups (broad SMARTS) is 1. The standard InChI is InChI=1S/C12H10FN3O3/c13-8-1-3-9(4-2-8)15-11(17)6-16-5-10(12(18)19)14-7-16/h1-5,7H,6H2,(H,15,17)(H,18,19). The number of amides is 1. The van der Waals surface area contributed by atoms with Crippen LogP contribution in [0.3, 0.4) is 0 Å². The summed E-state index contributed by atoms with van der Waals surface area (Å²) in [5.41, 5.74) is 0.333. The third kappa shape index (κ3) is 3.38. The molecule has 1 amide bonds. The molecule has 0 atom stereocenters. The molecule has 2 rings (SSSR count). The van der Waals surface area contributed by atoms with Crippen LogP contribution < -0.4 is 5.32 Å². The van der Waals surface area contributed by atoms with Crippen LogP contribution in [0.2, 0.25) is 0 Å². The lowest BCUT2D eigenvalue weighted by Crippen LogP contribution is -2.17. The molecule has 0 aliphatic heterocycles. The van der Waals surface area contributed by atoms with E-state index in [-0.39, 0.29) is 18.1 Å². The van der Waals surface area contributed by atoms with Crippen molar-refractivity contribution in [2.75, 3.05) is 5.32 Å². The topological polar surface area (TPSA) is 84.2 Å². The number of anilines is 1. The molecule has 0 unspecified atom stereocenters. The minimum absolute atomic E-state index is 0.0718. The summed E-state index contributed by atoms with van der Waals surface area (Å²) < 4.78 is 14.0. The van der Waals surface area contributed by atoms with Crippen molar-refractivity contribution in [3.05, 3.63) is 48.3 Å². The Morgan fingerprint density at radius 2 is 2.00 bits per heavy atom. The first kappa shape index (κ1) is 12.7. The molecule has 0 fully saturated rings. The van der Waals surface area contributed by atoms with E-state index in [0.717, 1.165) is 0 Å². The van der Waals surface area contributed by atoms with Gasteiger partial charge in [-0.1, -0.05) is 0 Å². The van der Waals surface area contributed by atoms with Gasteiger partial charge in [-0.2, -0.15) is 0 Å². The normalized spacial score (nSPS) is 10.2. The number of halogens is 1. The van der Waals surface area contributed by atoms with Crippen LogP contribution in [0.4, 0.5) is 10.1 Å². The third-order valence-electron chi connectivity index (χ3n) is 2.31. The van der Waals surface area contributed by atoms with Gasteiger partial charge >= 0.3 is 5.97 Å². The number of nitrogens with zero attached hydrogens (tertiary/aromatic N) is 2. The van der Waals surface area contributed by atoms with Gasteiger partial charge in [-0.3, -0.25) is 4.79 Å². The first-order valence-electron chi connectivity index (χ1n) is 5.35. The largest absolute Gasteiger partial charge is 0.476 e. The van der Waals surface area contributed by atoms with E-state index >= 15 is 0 Å². The van der Waals surface area contributed by atoms with Crippen LogP contribution in [-0.2, 0) is 11.3 Å². The first-order valence-corrected chi connectivity index (χ1v) is 5.35. The zero-order valence-corrected chi connectivity index (χ0v) is 9.71. The minimum atomic E-state index is -1.15. The molecule has 6 nitrogen and oxygen atoms in total. The van der Waals surface area contributed by atoms with Crippen molar-refractivity contribution in [3.63, 3.8) is 0 Å². The number of hydrogen-bond acceptors (Lipinski definition) is 3. The summed E-state index contributed by atoms with van der Waals surface area (Å²) in [7, 11) is 0. The van der Waals surface area contributed by atoms with Gasteiger partial charge in [0.2, 0.25) is 5.91 Å². The van der Waals surface area contributed by atoms with Gasteiger partial charge in [0, 0.05) is 11.9 Å². The number of nitrogens with one attached hydrogen (secondary N) is 1. The average molecular weight is 263 g/mol. The minimum Gasteiger partial charge on any atom is -0.476 e. The summed E-state index contributed by atoms with van der Waals surface area (Å²) in [6.07, 6.45) is 2.51. The molecule has 0 spiro atoms. The van der Waals surface area contributed by atoms with Crippen LogP contribution in [-0.4, -0.2) is 26.5 Å². The Kier molecular flexibility index (Phi) is 3.56. The van der Waals surface area contributed by atoms with E-state index < -0.39 is 11.8 Å². The number of aromatic nitrogens is 2. The van der Waals surface area contributed by atoms with E-state index in [0.29, 0.717) is 5.69 Å². The Morgan fingerprint density at radius 1 is 1.32 bits per heavy atom. The number of hydrogen-bond donors (Lipinski definition) is 2. The van der Waals surface area contributed by atoms with Gasteiger partial charge in [0.25, 0.3) is 0 Å². The lowest BCUT2D eigenvalue weighted by atomic mass is 10.3. The first-order chi connectivity index (χ1) is 9.04. The van der Waals surface area contributed by atoms with Crippen molar-refractivity contribution in [1.82, 2.24) is 9.55 Å². The second kappa shape index (κ2) is 5.30. The fourth-order valence-corrected chi connectivity index (χ4v) is 1.46. The zero-order chi connectivity index (χ0) is 13.8. The molecule has 0 aliphatic rings. The number of imidazole rings is 1. The van der Waals surface area contributed by atoms with E-state index in [1.54, 1.807) is 0 Å². The van der Waals surface area contributed by atoms with Gasteiger partial charge < -0.3 is 15.0 Å². The van der Waals surface area contributed by atoms with Crippen LogP contribution in [0.15, 0.2) is 36.8 Å². The molecule has 19 heavy (non-hydrogen) atoms. The summed E-state index contributed by atoms with van der Waals surface area (Å²) in [6.45, 7) is -0.0718. The monoisotopic (exact) mass is 263 g/mol. The smallest absolute Gasteiger partial charge is 0.356 e. The second-order valence-electron chi connectivity index (χ2n) is 3.79. The predicted molar refractivity (Wildman–Crippen MR) is 64.2 cm³/mol. The summed E-state index contributed by atoms with van der Waals surface area (Å²) in [6, 6.07) is 5.33. The van der Waals surface area contributed by atoms with Gasteiger partial charge in [-0.05, 0) is 24.3 Å². The number of carbonyl (C=O) groups excluding carboxylic acids is 1. The highest BCUT2D eigenvalue weighted by molar-refractivity contribution is 5.90. The Bertz CT molecular complexity index is 607. The number of aromatic carboxylic acids is 1. The van der Waals surface area contributed by atoms with E-state index in [4.69, 9.17) is 5.11 Å².